The maximum Gasteiger partial charge on any atom is 0.253 e. The number of amidine groups is 2. The molecular weight excluding hydrogens is 573 g/mol. The second-order valence-corrected chi connectivity index (χ2v) is 13.4. The van der Waals surface area contributed by atoms with Gasteiger partial charge in [0.2, 0.25) is 11.7 Å². The number of carbonyl (C=O) groups excluding carboxylic acids is 3. The number of ketones is 1. The molecule has 0 fully saturated rings. The van der Waals surface area contributed by atoms with Gasteiger partial charge in [0.1, 0.15) is 5.76 Å². The second-order valence-electron chi connectivity index (χ2n) is 11.4. The van der Waals surface area contributed by atoms with Crippen LogP contribution in [0.15, 0.2) is 26.2 Å². The molecule has 2 aliphatic rings. The number of carbonyl (C=O) groups is 3. The molecule has 1 aliphatic carbocycles. The van der Waals surface area contributed by atoms with Gasteiger partial charge in [-0.1, -0.05) is 52.9 Å². The van der Waals surface area contributed by atoms with E-state index in [0.717, 1.165) is 0 Å². The minimum Gasteiger partial charge on any atom is -0.506 e. The van der Waals surface area contributed by atoms with E-state index in [0.29, 0.717) is 59.1 Å². The number of thiazole rings is 1. The largest absolute Gasteiger partial charge is 0.506 e. The number of amides is 2. The Balaban J connectivity index is 2.18. The van der Waals surface area contributed by atoms with Crippen molar-refractivity contribution in [1.29, 1.82) is 0 Å². The smallest absolute Gasteiger partial charge is 0.253 e. The number of hydrogen-bond acceptors (Lipinski definition) is 9. The van der Waals surface area contributed by atoms with Crippen LogP contribution in [0, 0.1) is 10.8 Å². The number of allylic oxidation sites excluding steroid dienone is 2. The fourth-order valence-corrected chi connectivity index (χ4v) is 6.39. The first-order valence-corrected chi connectivity index (χ1v) is 16.3. The first-order chi connectivity index (χ1) is 19.7. The molecular formula is C30H44N6O4S2. The van der Waals surface area contributed by atoms with E-state index in [1.54, 1.807) is 0 Å². The molecule has 0 aromatic carbocycles. The standard InChI is InChI=1S/C30H44N6O4S2/c1-11-29(7,8)25(39)31-23-21(41-27(33-23)35(13-3)14-4)17-19(37)18(20(17)38)22-24(32-26(40)30(9,10)12-2)34-28(42-22)36(15-5)16-6/h37H,11-16H2,1-10H3,(H,31,39). The van der Waals surface area contributed by atoms with Crippen molar-refractivity contribution >= 4 is 68.2 Å². The van der Waals surface area contributed by atoms with Crippen molar-refractivity contribution in [3.63, 3.8) is 0 Å². The zero-order valence-electron chi connectivity index (χ0n) is 26.5. The van der Waals surface area contributed by atoms with Gasteiger partial charge in [0.15, 0.2) is 22.0 Å². The molecule has 0 saturated heterocycles. The summed E-state index contributed by atoms with van der Waals surface area (Å²) in [4.78, 5) is 58.4. The van der Waals surface area contributed by atoms with E-state index in [1.165, 1.54) is 23.1 Å². The minimum atomic E-state index is -0.698. The summed E-state index contributed by atoms with van der Waals surface area (Å²) in [5, 5.41) is 15.6. The zero-order chi connectivity index (χ0) is 31.6. The van der Waals surface area contributed by atoms with E-state index in [4.69, 9.17) is 0 Å². The SMILES string of the molecule is CCN(CC)C1=NC(=NC(=O)C(C)(C)CC)C(=C2C(=O)C(c3sc(N(CC)CC)nc3NC(=O)C(C)(C)CC)=C2O)S1. The Labute approximate surface area is 257 Å². The molecule has 1 aliphatic heterocycles. The summed E-state index contributed by atoms with van der Waals surface area (Å²) in [6.07, 6.45) is 1.21. The minimum absolute atomic E-state index is 0.0747. The van der Waals surface area contributed by atoms with E-state index < -0.39 is 16.6 Å². The second kappa shape index (κ2) is 13.1. The Hall–Kier alpha value is -2.99. The Morgan fingerprint density at radius 1 is 0.905 bits per heavy atom. The van der Waals surface area contributed by atoms with Crippen molar-refractivity contribution in [2.24, 2.45) is 20.8 Å². The molecule has 0 saturated carbocycles. The van der Waals surface area contributed by atoms with Crippen molar-refractivity contribution in [3.8, 4) is 0 Å². The van der Waals surface area contributed by atoms with E-state index in [9.17, 15) is 19.5 Å². The number of Topliss-reactive ketones (excluding diaryl/α,β-unsaturated/α-hetero) is 1. The molecule has 1 aromatic heterocycles. The zero-order valence-corrected chi connectivity index (χ0v) is 28.1. The highest BCUT2D eigenvalue weighted by atomic mass is 32.2. The van der Waals surface area contributed by atoms with Gasteiger partial charge in [-0.2, -0.15) is 4.99 Å². The monoisotopic (exact) mass is 616 g/mol. The van der Waals surface area contributed by atoms with Gasteiger partial charge in [-0.3, -0.25) is 14.4 Å². The Kier molecular flexibility index (Phi) is 10.5. The van der Waals surface area contributed by atoms with Crippen molar-refractivity contribution in [2.75, 3.05) is 36.4 Å². The molecule has 10 nitrogen and oxygen atoms in total. The van der Waals surface area contributed by atoms with Gasteiger partial charge < -0.3 is 20.2 Å². The van der Waals surface area contributed by atoms with Crippen LogP contribution in [0.3, 0.4) is 0 Å². The third-order valence-corrected chi connectivity index (χ3v) is 10.3. The predicted octanol–water partition coefficient (Wildman–Crippen LogP) is 6.28. The van der Waals surface area contributed by atoms with Crippen molar-refractivity contribution < 1.29 is 19.5 Å². The van der Waals surface area contributed by atoms with E-state index in [1.807, 2.05) is 79.0 Å². The summed E-state index contributed by atoms with van der Waals surface area (Å²) >= 11 is 2.49. The summed E-state index contributed by atoms with van der Waals surface area (Å²) in [5.74, 6) is -0.792. The molecule has 0 unspecified atom stereocenters. The Morgan fingerprint density at radius 2 is 1.48 bits per heavy atom. The molecule has 0 spiro atoms. The van der Waals surface area contributed by atoms with Gasteiger partial charge >= 0.3 is 0 Å². The normalized spacial score (nSPS) is 18.4. The number of thioether (sulfide) groups is 1. The third kappa shape index (κ3) is 6.34. The molecule has 230 valence electrons. The van der Waals surface area contributed by atoms with Gasteiger partial charge in [-0.05, 0) is 52.3 Å². The van der Waals surface area contributed by atoms with Crippen LogP contribution in [0.4, 0.5) is 10.9 Å². The number of hydrogen-bond donors (Lipinski definition) is 2. The highest BCUT2D eigenvalue weighted by molar-refractivity contribution is 8.18. The molecule has 42 heavy (non-hydrogen) atoms. The number of aliphatic imine (C=N–C) groups is 2. The molecule has 3 rings (SSSR count). The van der Waals surface area contributed by atoms with Gasteiger partial charge in [0.05, 0.1) is 20.9 Å². The molecule has 0 bridgehead atoms. The lowest BCUT2D eigenvalue weighted by Gasteiger charge is -2.24. The van der Waals surface area contributed by atoms with Gasteiger partial charge in [-0.15, -0.1) is 0 Å². The molecule has 12 heteroatoms. The molecule has 2 amide bonds. The number of anilines is 2. The molecule has 1 aromatic rings. The van der Waals surface area contributed by atoms with E-state index in [-0.39, 0.29) is 40.4 Å². The lowest BCUT2D eigenvalue weighted by Crippen LogP contribution is -2.31. The number of nitrogens with one attached hydrogen (secondary N) is 1. The summed E-state index contributed by atoms with van der Waals surface area (Å²) < 4.78 is 0. The summed E-state index contributed by atoms with van der Waals surface area (Å²) in [5.41, 5.74) is -1.18. The predicted molar refractivity (Wildman–Crippen MR) is 174 cm³/mol. The van der Waals surface area contributed by atoms with E-state index >= 15 is 0 Å². The van der Waals surface area contributed by atoms with Gasteiger partial charge in [0.25, 0.3) is 5.91 Å². The van der Waals surface area contributed by atoms with Crippen LogP contribution in [-0.2, 0) is 14.4 Å². The number of nitrogens with zero attached hydrogens (tertiary/aromatic N) is 5. The number of aliphatic hydroxyl groups excluding tert-OH is 1. The van der Waals surface area contributed by atoms with E-state index in [2.05, 4.69) is 20.3 Å². The fourth-order valence-electron chi connectivity index (χ4n) is 4.02. The average Bonchev–Trinajstić information content (AvgIpc) is 3.54. The molecule has 0 radical (unpaired) electrons. The first-order valence-electron chi connectivity index (χ1n) is 14.7. The summed E-state index contributed by atoms with van der Waals surface area (Å²) in [7, 11) is 0. The summed E-state index contributed by atoms with van der Waals surface area (Å²) in [6, 6.07) is 0. The molecule has 2 N–H and O–H groups in total. The van der Waals surface area contributed by atoms with Crippen molar-refractivity contribution in [2.45, 2.75) is 82.1 Å². The van der Waals surface area contributed by atoms with Gasteiger partial charge in [-0.25, -0.2) is 9.98 Å². The third-order valence-electron chi connectivity index (χ3n) is 8.06. The number of aromatic nitrogens is 1. The Bertz CT molecular complexity index is 1380. The maximum absolute atomic E-state index is 13.8. The number of rotatable bonds is 11. The van der Waals surface area contributed by atoms with Crippen LogP contribution in [0.1, 0.15) is 87.0 Å². The summed E-state index contributed by atoms with van der Waals surface area (Å²) in [6.45, 7) is 21.9. The highest BCUT2D eigenvalue weighted by Gasteiger charge is 2.44. The average molecular weight is 617 g/mol. The molecule has 2 heterocycles. The van der Waals surface area contributed by atoms with Crippen LogP contribution in [0.5, 0.6) is 0 Å². The topological polar surface area (TPSA) is 128 Å². The Morgan fingerprint density at radius 3 is 1.98 bits per heavy atom. The van der Waals surface area contributed by atoms with Crippen LogP contribution >= 0.6 is 23.1 Å². The van der Waals surface area contributed by atoms with Crippen LogP contribution < -0.4 is 10.2 Å². The highest BCUT2D eigenvalue weighted by Crippen LogP contribution is 2.48. The maximum atomic E-state index is 13.8. The van der Waals surface area contributed by atoms with Crippen molar-refractivity contribution in [3.05, 3.63) is 21.1 Å². The van der Waals surface area contributed by atoms with Crippen LogP contribution in [-0.4, -0.2) is 69.8 Å². The van der Waals surface area contributed by atoms with Crippen LogP contribution in [0.25, 0.3) is 5.57 Å². The first kappa shape index (κ1) is 33.5. The van der Waals surface area contributed by atoms with Crippen LogP contribution in [0.2, 0.25) is 0 Å². The fraction of sp³-hybridized carbons (Fsp3) is 0.600. The number of aliphatic hydroxyl groups is 1. The quantitative estimate of drug-likeness (QED) is 0.278. The van der Waals surface area contributed by atoms with Crippen molar-refractivity contribution in [1.82, 2.24) is 9.88 Å². The molecule has 0 atom stereocenters. The lowest BCUT2D eigenvalue weighted by atomic mass is 9.86. The lowest BCUT2D eigenvalue weighted by molar-refractivity contribution is -0.126. The van der Waals surface area contributed by atoms with Gasteiger partial charge in [0, 0.05) is 37.0 Å².